The van der Waals surface area contributed by atoms with Gasteiger partial charge in [0, 0.05) is 18.4 Å². The van der Waals surface area contributed by atoms with Gasteiger partial charge in [0.1, 0.15) is 0 Å². The van der Waals surface area contributed by atoms with Crippen LogP contribution in [-0.2, 0) is 11.3 Å². The standard InChI is InChI=1S/C23H25NO/c1-16-7-6-10-19(13-16)22-20-12-11-17(2)14-21(20)23(25)24(22)15-18-8-4-3-5-9-18/h3-13,17,20-22H,14-15H2,1-2H3/t17-,20-,21-,22+/m1/s1. The van der Waals surface area contributed by atoms with Crippen molar-refractivity contribution < 1.29 is 4.79 Å². The number of likely N-dealkylation sites (tertiary alicyclic amines) is 1. The molecule has 1 fully saturated rings. The van der Waals surface area contributed by atoms with E-state index >= 15 is 0 Å². The lowest BCUT2D eigenvalue weighted by molar-refractivity contribution is -0.133. The van der Waals surface area contributed by atoms with Crippen LogP contribution in [0.4, 0.5) is 0 Å². The van der Waals surface area contributed by atoms with Crippen LogP contribution in [0.25, 0.3) is 0 Å². The van der Waals surface area contributed by atoms with E-state index in [0.717, 1.165) is 6.42 Å². The van der Waals surface area contributed by atoms with Gasteiger partial charge in [0.2, 0.25) is 5.91 Å². The monoisotopic (exact) mass is 331 g/mol. The first-order valence-corrected chi connectivity index (χ1v) is 9.23. The Kier molecular flexibility index (Phi) is 4.20. The summed E-state index contributed by atoms with van der Waals surface area (Å²) >= 11 is 0. The van der Waals surface area contributed by atoms with Gasteiger partial charge in [-0.2, -0.15) is 0 Å². The number of nitrogens with zero attached hydrogens (tertiary/aromatic N) is 1. The number of carbonyl (C=O) groups is 1. The summed E-state index contributed by atoms with van der Waals surface area (Å²) in [7, 11) is 0. The van der Waals surface area contributed by atoms with E-state index in [-0.39, 0.29) is 17.9 Å². The zero-order valence-corrected chi connectivity index (χ0v) is 14.9. The molecule has 128 valence electrons. The lowest BCUT2D eigenvalue weighted by Crippen LogP contribution is -2.29. The highest BCUT2D eigenvalue weighted by Gasteiger charge is 2.48. The summed E-state index contributed by atoms with van der Waals surface area (Å²) in [6.07, 6.45) is 5.56. The van der Waals surface area contributed by atoms with Crippen LogP contribution in [0.5, 0.6) is 0 Å². The molecule has 0 N–H and O–H groups in total. The largest absolute Gasteiger partial charge is 0.330 e. The van der Waals surface area contributed by atoms with E-state index in [1.807, 2.05) is 18.2 Å². The van der Waals surface area contributed by atoms with Gasteiger partial charge in [-0.25, -0.2) is 0 Å². The van der Waals surface area contributed by atoms with Crippen molar-refractivity contribution in [3.63, 3.8) is 0 Å². The van der Waals surface area contributed by atoms with Crippen LogP contribution in [0.2, 0.25) is 0 Å². The van der Waals surface area contributed by atoms with E-state index < -0.39 is 0 Å². The molecule has 0 radical (unpaired) electrons. The Bertz CT molecular complexity index is 795. The molecule has 1 amide bonds. The molecule has 1 aliphatic carbocycles. The first-order chi connectivity index (χ1) is 12.1. The molecule has 1 saturated heterocycles. The van der Waals surface area contributed by atoms with Gasteiger partial charge in [0.05, 0.1) is 6.04 Å². The molecule has 1 aliphatic heterocycles. The minimum atomic E-state index is 0.120. The van der Waals surface area contributed by atoms with Crippen molar-refractivity contribution in [3.05, 3.63) is 83.4 Å². The number of fused-ring (bicyclic) bond motifs is 1. The van der Waals surface area contributed by atoms with Gasteiger partial charge in [-0.3, -0.25) is 4.79 Å². The SMILES string of the molecule is Cc1cccc([C@H]2[C@@H]3C=C[C@@H](C)C[C@H]3C(=O)N2Cc2ccccc2)c1. The maximum atomic E-state index is 13.3. The maximum Gasteiger partial charge on any atom is 0.227 e. The number of hydrogen-bond donors (Lipinski definition) is 0. The van der Waals surface area contributed by atoms with Crippen LogP contribution in [0, 0.1) is 24.7 Å². The summed E-state index contributed by atoms with van der Waals surface area (Å²) in [6, 6.07) is 19.1. The number of hydrogen-bond acceptors (Lipinski definition) is 1. The summed E-state index contributed by atoms with van der Waals surface area (Å²) in [5, 5.41) is 0. The van der Waals surface area contributed by atoms with E-state index in [1.54, 1.807) is 0 Å². The molecule has 2 heteroatoms. The lowest BCUT2D eigenvalue weighted by atomic mass is 9.77. The molecule has 4 rings (SSSR count). The fraction of sp³-hybridized carbons (Fsp3) is 0.348. The average Bonchev–Trinajstić information content (AvgIpc) is 2.88. The average molecular weight is 331 g/mol. The predicted molar refractivity (Wildman–Crippen MR) is 101 cm³/mol. The molecule has 2 aromatic carbocycles. The summed E-state index contributed by atoms with van der Waals surface area (Å²) in [4.78, 5) is 15.4. The zero-order chi connectivity index (χ0) is 17.4. The number of benzene rings is 2. The van der Waals surface area contributed by atoms with Crippen LogP contribution >= 0.6 is 0 Å². The zero-order valence-electron chi connectivity index (χ0n) is 14.9. The molecule has 0 aromatic heterocycles. The van der Waals surface area contributed by atoms with Gasteiger partial charge in [0.15, 0.2) is 0 Å². The van der Waals surface area contributed by atoms with E-state index in [2.05, 4.69) is 67.3 Å². The molecule has 0 spiro atoms. The molecule has 1 heterocycles. The Morgan fingerprint density at radius 1 is 1.04 bits per heavy atom. The predicted octanol–water partition coefficient (Wildman–Crippen LogP) is 4.91. The topological polar surface area (TPSA) is 20.3 Å². The molecule has 2 aromatic rings. The molecule has 0 bridgehead atoms. The third-order valence-corrected chi connectivity index (χ3v) is 5.63. The Morgan fingerprint density at radius 3 is 2.60 bits per heavy atom. The summed E-state index contributed by atoms with van der Waals surface area (Å²) in [5.41, 5.74) is 3.71. The molecule has 2 nitrogen and oxygen atoms in total. The lowest BCUT2D eigenvalue weighted by Gasteiger charge is -2.29. The number of allylic oxidation sites excluding steroid dienone is 1. The van der Waals surface area contributed by atoms with E-state index in [1.165, 1.54) is 16.7 Å². The highest BCUT2D eigenvalue weighted by Crippen LogP contribution is 2.47. The van der Waals surface area contributed by atoms with Crippen LogP contribution in [0.1, 0.15) is 36.1 Å². The van der Waals surface area contributed by atoms with Gasteiger partial charge < -0.3 is 4.90 Å². The quantitative estimate of drug-likeness (QED) is 0.732. The maximum absolute atomic E-state index is 13.3. The molecule has 0 unspecified atom stereocenters. The fourth-order valence-electron chi connectivity index (χ4n) is 4.45. The molecule has 25 heavy (non-hydrogen) atoms. The smallest absolute Gasteiger partial charge is 0.227 e. The number of aryl methyl sites for hydroxylation is 1. The van der Waals surface area contributed by atoms with Crippen LogP contribution in [0.15, 0.2) is 66.7 Å². The van der Waals surface area contributed by atoms with E-state index in [4.69, 9.17) is 0 Å². The van der Waals surface area contributed by atoms with Crippen molar-refractivity contribution in [2.75, 3.05) is 0 Å². The van der Waals surface area contributed by atoms with Crippen molar-refractivity contribution in [1.82, 2.24) is 4.90 Å². The third kappa shape index (κ3) is 3.02. The van der Waals surface area contributed by atoms with Crippen molar-refractivity contribution >= 4 is 5.91 Å². The second kappa shape index (κ2) is 6.51. The Labute approximate surface area is 150 Å². The van der Waals surface area contributed by atoms with Crippen molar-refractivity contribution in [1.29, 1.82) is 0 Å². The minimum absolute atomic E-state index is 0.120. The second-order valence-corrected chi connectivity index (χ2v) is 7.59. The van der Waals surface area contributed by atoms with E-state index in [0.29, 0.717) is 18.4 Å². The fourth-order valence-corrected chi connectivity index (χ4v) is 4.45. The van der Waals surface area contributed by atoms with Crippen molar-refractivity contribution in [2.45, 2.75) is 32.9 Å². The normalized spacial score (nSPS) is 28.2. The summed E-state index contributed by atoms with van der Waals surface area (Å²) in [6.45, 7) is 5.02. The van der Waals surface area contributed by atoms with Gasteiger partial charge in [-0.1, -0.05) is 79.2 Å². The number of rotatable bonds is 3. The van der Waals surface area contributed by atoms with E-state index in [9.17, 15) is 4.79 Å². The Hall–Kier alpha value is -2.35. The van der Waals surface area contributed by atoms with Crippen molar-refractivity contribution in [3.8, 4) is 0 Å². The molecule has 4 atom stereocenters. The van der Waals surface area contributed by atoms with Gasteiger partial charge in [0.25, 0.3) is 0 Å². The van der Waals surface area contributed by atoms with Gasteiger partial charge in [-0.15, -0.1) is 0 Å². The Morgan fingerprint density at radius 2 is 1.84 bits per heavy atom. The highest BCUT2D eigenvalue weighted by atomic mass is 16.2. The molecule has 0 saturated carbocycles. The second-order valence-electron chi connectivity index (χ2n) is 7.59. The first kappa shape index (κ1) is 16.1. The van der Waals surface area contributed by atoms with Crippen LogP contribution in [-0.4, -0.2) is 10.8 Å². The van der Waals surface area contributed by atoms with Crippen LogP contribution < -0.4 is 0 Å². The van der Waals surface area contributed by atoms with Crippen molar-refractivity contribution in [2.24, 2.45) is 17.8 Å². The highest BCUT2D eigenvalue weighted by molar-refractivity contribution is 5.83. The number of amides is 1. The van der Waals surface area contributed by atoms with Crippen LogP contribution in [0.3, 0.4) is 0 Å². The van der Waals surface area contributed by atoms with Gasteiger partial charge >= 0.3 is 0 Å². The molecular formula is C23H25NO. The number of carbonyl (C=O) groups excluding carboxylic acids is 1. The molecular weight excluding hydrogens is 306 g/mol. The summed E-state index contributed by atoms with van der Waals surface area (Å²) in [5.74, 6) is 1.21. The van der Waals surface area contributed by atoms with Gasteiger partial charge in [-0.05, 0) is 30.4 Å². The Balaban J connectivity index is 1.74. The molecule has 2 aliphatic rings. The minimum Gasteiger partial charge on any atom is -0.330 e. The summed E-state index contributed by atoms with van der Waals surface area (Å²) < 4.78 is 0. The third-order valence-electron chi connectivity index (χ3n) is 5.63. The first-order valence-electron chi connectivity index (χ1n) is 9.23.